The third kappa shape index (κ3) is 1.76. The van der Waals surface area contributed by atoms with Crippen LogP contribution in [-0.4, -0.2) is 16.9 Å². The molecule has 15 heavy (non-hydrogen) atoms. The number of nitrogens with zero attached hydrogens (tertiary/aromatic N) is 2. The zero-order valence-electron chi connectivity index (χ0n) is 8.43. The van der Waals surface area contributed by atoms with Gasteiger partial charge in [-0.25, -0.2) is 4.79 Å². The van der Waals surface area contributed by atoms with Crippen LogP contribution in [0.1, 0.15) is 5.56 Å². The first-order valence-electron chi connectivity index (χ1n) is 4.42. The summed E-state index contributed by atoms with van der Waals surface area (Å²) in [6.45, 7) is 1.97. The monoisotopic (exact) mass is 206 g/mol. The third-order valence-corrected chi connectivity index (χ3v) is 1.98. The van der Waals surface area contributed by atoms with Gasteiger partial charge in [-0.3, -0.25) is 0 Å². The molecular formula is C10H10N2O3. The van der Waals surface area contributed by atoms with Crippen LogP contribution in [0.3, 0.4) is 0 Å². The van der Waals surface area contributed by atoms with Crippen LogP contribution in [-0.2, 0) is 0 Å². The molecule has 0 saturated heterocycles. The van der Waals surface area contributed by atoms with Crippen molar-refractivity contribution in [3.8, 4) is 11.8 Å². The Bertz CT molecular complexity index is 510. The van der Waals surface area contributed by atoms with Crippen LogP contribution >= 0.6 is 0 Å². The summed E-state index contributed by atoms with van der Waals surface area (Å²) in [6.07, 6.45) is -0.0411. The van der Waals surface area contributed by atoms with Crippen molar-refractivity contribution in [2.45, 2.75) is 6.92 Å². The van der Waals surface area contributed by atoms with Crippen molar-refractivity contribution in [3.05, 3.63) is 40.4 Å². The lowest BCUT2D eigenvalue weighted by atomic mass is 10.2. The fourth-order valence-corrected chi connectivity index (χ4v) is 1.19. The van der Waals surface area contributed by atoms with Crippen LogP contribution < -0.4 is 10.5 Å². The predicted octanol–water partition coefficient (Wildman–Crippen LogP) is 1.14. The molecule has 0 spiro atoms. The Balaban J connectivity index is 2.49. The fraction of sp³-hybridized carbons (Fsp3) is 0.200. The van der Waals surface area contributed by atoms with E-state index in [0.29, 0.717) is 5.69 Å². The zero-order chi connectivity index (χ0) is 10.8. The first kappa shape index (κ1) is 9.51. The van der Waals surface area contributed by atoms with E-state index in [1.807, 2.05) is 19.1 Å². The molecule has 0 fully saturated rings. The molecule has 1 aromatic heterocycles. The maximum absolute atomic E-state index is 11.3. The van der Waals surface area contributed by atoms with Crippen LogP contribution in [0.2, 0.25) is 0 Å². The van der Waals surface area contributed by atoms with E-state index in [0.717, 1.165) is 10.2 Å². The Morgan fingerprint density at radius 1 is 1.33 bits per heavy atom. The second-order valence-electron chi connectivity index (χ2n) is 3.09. The van der Waals surface area contributed by atoms with E-state index in [1.165, 1.54) is 7.11 Å². The summed E-state index contributed by atoms with van der Waals surface area (Å²) >= 11 is 0. The Kier molecular flexibility index (Phi) is 2.29. The summed E-state index contributed by atoms with van der Waals surface area (Å²) in [6, 6.07) is 7.36. The molecule has 78 valence electrons. The summed E-state index contributed by atoms with van der Waals surface area (Å²) in [5, 5.41) is 3.84. The minimum absolute atomic E-state index is 0.0411. The largest absolute Gasteiger partial charge is 0.452 e. The summed E-state index contributed by atoms with van der Waals surface area (Å²) < 4.78 is 10.6. The van der Waals surface area contributed by atoms with E-state index in [4.69, 9.17) is 9.15 Å². The quantitative estimate of drug-likeness (QED) is 0.739. The highest BCUT2D eigenvalue weighted by molar-refractivity contribution is 5.32. The van der Waals surface area contributed by atoms with Crippen LogP contribution in [0.5, 0.6) is 6.08 Å². The lowest BCUT2D eigenvalue weighted by Gasteiger charge is -1.97. The van der Waals surface area contributed by atoms with E-state index in [9.17, 15) is 4.79 Å². The Hall–Kier alpha value is -2.04. The molecule has 5 heteroatoms. The maximum atomic E-state index is 11.3. The van der Waals surface area contributed by atoms with Crippen molar-refractivity contribution < 1.29 is 9.15 Å². The van der Waals surface area contributed by atoms with Gasteiger partial charge in [0.15, 0.2) is 0 Å². The van der Waals surface area contributed by atoms with Crippen LogP contribution in [0, 0.1) is 6.92 Å². The van der Waals surface area contributed by atoms with Gasteiger partial charge in [-0.15, -0.1) is 0 Å². The number of ether oxygens (including phenoxy) is 1. The van der Waals surface area contributed by atoms with Gasteiger partial charge in [-0.05, 0) is 19.1 Å². The van der Waals surface area contributed by atoms with Crippen molar-refractivity contribution in [3.63, 3.8) is 0 Å². The molecule has 0 atom stereocenters. The predicted molar refractivity (Wildman–Crippen MR) is 53.4 cm³/mol. The third-order valence-electron chi connectivity index (χ3n) is 1.98. The standard InChI is InChI=1S/C10H10N2O3/c1-7-3-5-8(6-4-7)12-10(13)15-9(11-12)14-2/h3-6H,1-2H3. The molecule has 0 aliphatic rings. The summed E-state index contributed by atoms with van der Waals surface area (Å²) in [7, 11) is 1.39. The lowest BCUT2D eigenvalue weighted by Crippen LogP contribution is -2.13. The van der Waals surface area contributed by atoms with E-state index in [1.54, 1.807) is 12.1 Å². The van der Waals surface area contributed by atoms with Gasteiger partial charge in [0, 0.05) is 0 Å². The highest BCUT2D eigenvalue weighted by atomic mass is 16.6. The van der Waals surface area contributed by atoms with Gasteiger partial charge in [0.25, 0.3) is 0 Å². The topological polar surface area (TPSA) is 57.3 Å². The number of aromatic nitrogens is 2. The molecule has 2 aromatic rings. The molecule has 0 N–H and O–H groups in total. The average Bonchev–Trinajstić information content (AvgIpc) is 2.61. The maximum Gasteiger partial charge on any atom is 0.444 e. The van der Waals surface area contributed by atoms with Crippen LogP contribution in [0.4, 0.5) is 0 Å². The molecule has 0 saturated carbocycles. The first-order chi connectivity index (χ1) is 7.20. The van der Waals surface area contributed by atoms with Gasteiger partial charge in [0.05, 0.1) is 12.8 Å². The van der Waals surface area contributed by atoms with E-state index >= 15 is 0 Å². The van der Waals surface area contributed by atoms with Gasteiger partial charge >= 0.3 is 11.8 Å². The number of rotatable bonds is 2. The molecule has 0 aliphatic carbocycles. The fourth-order valence-electron chi connectivity index (χ4n) is 1.19. The molecule has 0 bridgehead atoms. The van der Waals surface area contributed by atoms with Gasteiger partial charge < -0.3 is 9.15 Å². The van der Waals surface area contributed by atoms with Crippen molar-refractivity contribution in [2.24, 2.45) is 0 Å². The summed E-state index contributed by atoms with van der Waals surface area (Å²) in [5.41, 5.74) is 1.76. The van der Waals surface area contributed by atoms with Crippen molar-refractivity contribution >= 4 is 0 Å². The Labute approximate surface area is 85.9 Å². The van der Waals surface area contributed by atoms with E-state index in [2.05, 4.69) is 5.10 Å². The van der Waals surface area contributed by atoms with Crippen LogP contribution in [0.25, 0.3) is 5.69 Å². The molecule has 1 heterocycles. The normalized spacial score (nSPS) is 10.3. The lowest BCUT2D eigenvalue weighted by molar-refractivity contribution is 0.282. The molecule has 0 radical (unpaired) electrons. The Morgan fingerprint density at radius 3 is 2.53 bits per heavy atom. The van der Waals surface area contributed by atoms with Gasteiger partial charge in [-0.2, -0.15) is 4.68 Å². The van der Waals surface area contributed by atoms with Crippen molar-refractivity contribution in [1.82, 2.24) is 9.78 Å². The molecule has 0 amide bonds. The average molecular weight is 206 g/mol. The zero-order valence-corrected chi connectivity index (χ0v) is 8.43. The molecule has 0 aliphatic heterocycles. The number of benzene rings is 1. The van der Waals surface area contributed by atoms with E-state index < -0.39 is 5.76 Å². The second-order valence-corrected chi connectivity index (χ2v) is 3.09. The SMILES string of the molecule is COc1nn(-c2ccc(C)cc2)c(=O)o1. The molecular weight excluding hydrogens is 196 g/mol. The minimum Gasteiger partial charge on any atom is -0.452 e. The molecule has 1 aromatic carbocycles. The van der Waals surface area contributed by atoms with Crippen molar-refractivity contribution in [2.75, 3.05) is 7.11 Å². The van der Waals surface area contributed by atoms with Crippen LogP contribution in [0.15, 0.2) is 33.5 Å². The number of aryl methyl sites for hydroxylation is 1. The highest BCUT2D eigenvalue weighted by Gasteiger charge is 2.08. The summed E-state index contributed by atoms with van der Waals surface area (Å²) in [5.74, 6) is -0.560. The highest BCUT2D eigenvalue weighted by Crippen LogP contribution is 2.08. The number of hydrogen-bond donors (Lipinski definition) is 0. The number of methoxy groups -OCH3 is 1. The summed E-state index contributed by atoms with van der Waals surface area (Å²) in [4.78, 5) is 11.3. The molecule has 0 unspecified atom stereocenters. The van der Waals surface area contributed by atoms with Gasteiger partial charge in [0.2, 0.25) is 0 Å². The second kappa shape index (κ2) is 3.61. The minimum atomic E-state index is -0.560. The van der Waals surface area contributed by atoms with Crippen molar-refractivity contribution in [1.29, 1.82) is 0 Å². The van der Waals surface area contributed by atoms with E-state index in [-0.39, 0.29) is 6.08 Å². The van der Waals surface area contributed by atoms with Gasteiger partial charge in [-0.1, -0.05) is 22.8 Å². The first-order valence-corrected chi connectivity index (χ1v) is 4.42. The number of hydrogen-bond acceptors (Lipinski definition) is 4. The molecule has 5 nitrogen and oxygen atoms in total. The smallest absolute Gasteiger partial charge is 0.444 e. The van der Waals surface area contributed by atoms with Gasteiger partial charge in [0.1, 0.15) is 0 Å². The molecule has 2 rings (SSSR count). The Morgan fingerprint density at radius 2 is 2.00 bits per heavy atom.